The van der Waals surface area contributed by atoms with E-state index in [2.05, 4.69) is 55.3 Å². The third-order valence-corrected chi connectivity index (χ3v) is 6.41. The first kappa shape index (κ1) is 20.7. The maximum atomic E-state index is 12.3. The second kappa shape index (κ2) is 8.55. The second-order valence-electron chi connectivity index (χ2n) is 8.73. The minimum Gasteiger partial charge on any atom is -0.352 e. The highest BCUT2D eigenvalue weighted by Gasteiger charge is 2.23. The zero-order valence-corrected chi connectivity index (χ0v) is 18.1. The first-order valence-corrected chi connectivity index (χ1v) is 11.0. The number of hydrogen-bond donors (Lipinski definition) is 2. The molecule has 1 aliphatic carbocycles. The van der Waals surface area contributed by atoms with Gasteiger partial charge in [0.2, 0.25) is 11.1 Å². The number of amides is 1. The number of nitrogen functional groups attached to an aromatic ring is 1. The fourth-order valence-electron chi connectivity index (χ4n) is 3.60. The Balaban J connectivity index is 1.61. The average molecular weight is 402 g/mol. The number of aromatic nitrogens is 3. The molecular formula is C21H31N5OS. The maximum absolute atomic E-state index is 12.3. The Morgan fingerprint density at radius 1 is 1.21 bits per heavy atom. The zero-order chi connectivity index (χ0) is 20.3. The summed E-state index contributed by atoms with van der Waals surface area (Å²) in [6.07, 6.45) is 4.71. The Kier molecular flexibility index (Phi) is 6.33. The summed E-state index contributed by atoms with van der Waals surface area (Å²) in [4.78, 5) is 12.3. The second-order valence-corrected chi connectivity index (χ2v) is 9.67. The van der Waals surface area contributed by atoms with Crippen molar-refractivity contribution in [1.82, 2.24) is 20.2 Å². The molecule has 0 bridgehead atoms. The number of carbonyl (C=O) groups is 1. The summed E-state index contributed by atoms with van der Waals surface area (Å²) in [5.74, 6) is 7.66. The van der Waals surface area contributed by atoms with E-state index >= 15 is 0 Å². The van der Waals surface area contributed by atoms with E-state index in [4.69, 9.17) is 5.84 Å². The fraction of sp³-hybridized carbons (Fsp3) is 0.571. The highest BCUT2D eigenvalue weighted by molar-refractivity contribution is 7.99. The monoisotopic (exact) mass is 401 g/mol. The van der Waals surface area contributed by atoms with E-state index in [-0.39, 0.29) is 17.4 Å². The molecule has 1 aromatic carbocycles. The first-order valence-electron chi connectivity index (χ1n) is 9.99. The molecule has 0 radical (unpaired) electrons. The van der Waals surface area contributed by atoms with Crippen molar-refractivity contribution in [2.75, 3.05) is 11.6 Å². The third kappa shape index (κ3) is 4.87. The van der Waals surface area contributed by atoms with Crippen molar-refractivity contribution in [2.24, 2.45) is 5.92 Å². The van der Waals surface area contributed by atoms with E-state index in [1.165, 1.54) is 41.3 Å². The van der Waals surface area contributed by atoms with Gasteiger partial charge in [-0.1, -0.05) is 76.6 Å². The van der Waals surface area contributed by atoms with Crippen LogP contribution in [0.4, 0.5) is 0 Å². The predicted molar refractivity (Wildman–Crippen MR) is 115 cm³/mol. The molecule has 1 fully saturated rings. The van der Waals surface area contributed by atoms with Crippen molar-refractivity contribution in [2.45, 2.75) is 70.0 Å². The van der Waals surface area contributed by atoms with Gasteiger partial charge < -0.3 is 11.2 Å². The molecule has 1 aliphatic rings. The van der Waals surface area contributed by atoms with Crippen LogP contribution >= 0.6 is 11.8 Å². The molecule has 3 N–H and O–H groups in total. The lowest BCUT2D eigenvalue weighted by atomic mass is 9.86. The van der Waals surface area contributed by atoms with E-state index < -0.39 is 0 Å². The van der Waals surface area contributed by atoms with Crippen LogP contribution < -0.4 is 11.2 Å². The fourth-order valence-corrected chi connectivity index (χ4v) is 4.27. The van der Waals surface area contributed by atoms with E-state index in [1.807, 2.05) is 12.1 Å². The van der Waals surface area contributed by atoms with Gasteiger partial charge in [0.1, 0.15) is 0 Å². The van der Waals surface area contributed by atoms with Crippen LogP contribution in [0.2, 0.25) is 0 Å². The topological polar surface area (TPSA) is 85.8 Å². The zero-order valence-electron chi connectivity index (χ0n) is 17.2. The van der Waals surface area contributed by atoms with Crippen LogP contribution in [-0.4, -0.2) is 32.6 Å². The van der Waals surface area contributed by atoms with Crippen LogP contribution in [0.1, 0.15) is 58.9 Å². The van der Waals surface area contributed by atoms with Crippen molar-refractivity contribution >= 4 is 17.7 Å². The first-order chi connectivity index (χ1) is 13.3. The highest BCUT2D eigenvalue weighted by atomic mass is 32.2. The maximum Gasteiger partial charge on any atom is 0.230 e. The summed E-state index contributed by atoms with van der Waals surface area (Å²) in [6, 6.07) is 8.50. The third-order valence-electron chi connectivity index (χ3n) is 5.46. The van der Waals surface area contributed by atoms with E-state index in [1.54, 1.807) is 0 Å². The van der Waals surface area contributed by atoms with Crippen LogP contribution in [-0.2, 0) is 10.2 Å². The van der Waals surface area contributed by atoms with Crippen molar-refractivity contribution in [3.63, 3.8) is 0 Å². The van der Waals surface area contributed by atoms with E-state index in [9.17, 15) is 4.79 Å². The molecule has 1 saturated carbocycles. The Morgan fingerprint density at radius 3 is 2.54 bits per heavy atom. The Bertz CT molecular complexity index is 809. The molecule has 0 saturated heterocycles. The van der Waals surface area contributed by atoms with Gasteiger partial charge in [0.05, 0.1) is 5.75 Å². The Hall–Kier alpha value is -2.02. The summed E-state index contributed by atoms with van der Waals surface area (Å²) in [7, 11) is 0. The number of rotatable bonds is 5. The average Bonchev–Trinajstić information content (AvgIpc) is 3.02. The molecule has 0 aliphatic heterocycles. The summed E-state index contributed by atoms with van der Waals surface area (Å²) >= 11 is 1.32. The Morgan fingerprint density at radius 2 is 1.89 bits per heavy atom. The standard InChI is InChI=1S/C21H31N5OS/c1-14-7-5-6-8-17(14)23-18(27)13-28-20-25-24-19(26(20)22)15-9-11-16(12-10-15)21(2,3)4/h9-12,14,17H,5-8,13,22H2,1-4H3,(H,23,27)/t14-,17+/m1/s1. The highest BCUT2D eigenvalue weighted by Crippen LogP contribution is 2.27. The van der Waals surface area contributed by atoms with Gasteiger partial charge in [0.15, 0.2) is 5.82 Å². The molecule has 0 spiro atoms. The van der Waals surface area contributed by atoms with Crippen LogP contribution in [0.5, 0.6) is 0 Å². The number of hydrogen-bond acceptors (Lipinski definition) is 5. The van der Waals surface area contributed by atoms with Crippen molar-refractivity contribution in [3.05, 3.63) is 29.8 Å². The number of nitrogens with one attached hydrogen (secondary N) is 1. The van der Waals surface area contributed by atoms with Gasteiger partial charge in [-0.15, -0.1) is 10.2 Å². The summed E-state index contributed by atoms with van der Waals surface area (Å²) < 4.78 is 1.47. The van der Waals surface area contributed by atoms with Crippen LogP contribution in [0.3, 0.4) is 0 Å². The quantitative estimate of drug-likeness (QED) is 0.589. The molecule has 1 amide bonds. The molecular weight excluding hydrogens is 370 g/mol. The van der Waals surface area contributed by atoms with Gasteiger partial charge >= 0.3 is 0 Å². The molecule has 2 aromatic rings. The molecule has 2 atom stereocenters. The Labute approximate surface area is 171 Å². The summed E-state index contributed by atoms with van der Waals surface area (Å²) in [6.45, 7) is 8.76. The minimum atomic E-state index is 0.0304. The van der Waals surface area contributed by atoms with Crippen molar-refractivity contribution in [3.8, 4) is 11.4 Å². The van der Waals surface area contributed by atoms with Crippen LogP contribution in [0.25, 0.3) is 11.4 Å². The molecule has 1 aromatic heterocycles. The van der Waals surface area contributed by atoms with E-state index in [0.29, 0.717) is 22.7 Å². The van der Waals surface area contributed by atoms with Crippen molar-refractivity contribution in [1.29, 1.82) is 0 Å². The smallest absolute Gasteiger partial charge is 0.230 e. The molecule has 1 heterocycles. The molecule has 28 heavy (non-hydrogen) atoms. The number of nitrogens with zero attached hydrogens (tertiary/aromatic N) is 3. The lowest BCUT2D eigenvalue weighted by molar-refractivity contribution is -0.119. The summed E-state index contributed by atoms with van der Waals surface area (Å²) in [5.41, 5.74) is 2.26. The lowest BCUT2D eigenvalue weighted by Gasteiger charge is -2.29. The lowest BCUT2D eigenvalue weighted by Crippen LogP contribution is -2.41. The molecule has 152 valence electrons. The summed E-state index contributed by atoms with van der Waals surface area (Å²) in [5, 5.41) is 12.1. The van der Waals surface area contributed by atoms with Crippen molar-refractivity contribution < 1.29 is 4.79 Å². The van der Waals surface area contributed by atoms with Gasteiger partial charge in [-0.25, -0.2) is 4.68 Å². The number of nitrogens with two attached hydrogens (primary N) is 1. The largest absolute Gasteiger partial charge is 0.352 e. The number of thioether (sulfide) groups is 1. The minimum absolute atomic E-state index is 0.0304. The van der Waals surface area contributed by atoms with Gasteiger partial charge in [-0.2, -0.15) is 0 Å². The van der Waals surface area contributed by atoms with Crippen LogP contribution in [0.15, 0.2) is 29.4 Å². The normalized spacial score (nSPS) is 20.1. The van der Waals surface area contributed by atoms with Gasteiger partial charge in [0.25, 0.3) is 0 Å². The molecule has 0 unspecified atom stereocenters. The molecule has 3 rings (SSSR count). The van der Waals surface area contributed by atoms with E-state index in [0.717, 1.165) is 12.0 Å². The van der Waals surface area contributed by atoms with Gasteiger partial charge in [-0.05, 0) is 29.7 Å². The van der Waals surface area contributed by atoms with Crippen LogP contribution in [0, 0.1) is 5.92 Å². The van der Waals surface area contributed by atoms with Gasteiger partial charge in [0, 0.05) is 11.6 Å². The molecule has 7 heteroatoms. The predicted octanol–water partition coefficient (Wildman–Crippen LogP) is 3.74. The number of carbonyl (C=O) groups excluding carboxylic acids is 1. The molecule has 6 nitrogen and oxygen atoms in total. The SMILES string of the molecule is C[C@@H]1CCCC[C@@H]1NC(=O)CSc1nnc(-c2ccc(C(C)(C)C)cc2)n1N. The number of benzene rings is 1. The van der Waals surface area contributed by atoms with Gasteiger partial charge in [-0.3, -0.25) is 4.79 Å².